The number of hydrogen-bond acceptors (Lipinski definition) is 3. The molecule has 0 saturated carbocycles. The molecule has 0 amide bonds. The van der Waals surface area contributed by atoms with E-state index in [-0.39, 0.29) is 0 Å². The average Bonchev–Trinajstić information content (AvgIpc) is 2.53. The van der Waals surface area contributed by atoms with Crippen molar-refractivity contribution in [3.05, 3.63) is 72.3 Å². The van der Waals surface area contributed by atoms with E-state index in [4.69, 9.17) is 0 Å². The van der Waals surface area contributed by atoms with E-state index in [0.717, 1.165) is 19.5 Å². The van der Waals surface area contributed by atoms with E-state index in [0.29, 0.717) is 0 Å². The zero-order chi connectivity index (χ0) is 13.6. The molecule has 0 bridgehead atoms. The summed E-state index contributed by atoms with van der Waals surface area (Å²) in [5.41, 5.74) is 2.58. The minimum atomic E-state index is 0.877. The summed E-state index contributed by atoms with van der Waals surface area (Å²) in [6, 6.07) is 12.5. The average molecular weight is 263 g/mol. The zero-order valence-corrected chi connectivity index (χ0v) is 11.3. The van der Waals surface area contributed by atoms with Crippen LogP contribution in [-0.2, 0) is 13.0 Å². The molecule has 2 heterocycles. The molecular weight excluding hydrogens is 246 g/mol. The second-order valence-corrected chi connectivity index (χ2v) is 4.80. The van der Waals surface area contributed by atoms with Gasteiger partial charge in [-0.1, -0.05) is 24.3 Å². The molecule has 0 aliphatic heterocycles. The standard InChI is InChI=1S/C17H17N3/c1-4-15(17-7-10-20-13-16(17)5-1)12-19-9-6-14-3-2-8-18-11-14/h1-5,7-8,10-11,13,19H,6,9,12H2. The van der Waals surface area contributed by atoms with Crippen LogP contribution in [0.3, 0.4) is 0 Å². The molecule has 1 aromatic carbocycles. The van der Waals surface area contributed by atoms with Crippen molar-refractivity contribution in [1.29, 1.82) is 0 Å². The Balaban J connectivity index is 1.60. The summed E-state index contributed by atoms with van der Waals surface area (Å²) in [6.45, 7) is 1.83. The molecule has 0 saturated heterocycles. The lowest BCUT2D eigenvalue weighted by atomic mass is 10.1. The third-order valence-electron chi connectivity index (χ3n) is 3.40. The van der Waals surface area contributed by atoms with Gasteiger partial charge in [-0.15, -0.1) is 0 Å². The molecule has 3 aromatic rings. The lowest BCUT2D eigenvalue weighted by molar-refractivity contribution is 0.689. The van der Waals surface area contributed by atoms with Gasteiger partial charge in [0.1, 0.15) is 0 Å². The summed E-state index contributed by atoms with van der Waals surface area (Å²) in [5, 5.41) is 5.96. The van der Waals surface area contributed by atoms with Gasteiger partial charge in [-0.05, 0) is 41.6 Å². The molecule has 3 heteroatoms. The Morgan fingerprint density at radius 2 is 1.85 bits per heavy atom. The number of aromatic nitrogens is 2. The highest BCUT2D eigenvalue weighted by atomic mass is 14.8. The second kappa shape index (κ2) is 6.26. The maximum absolute atomic E-state index is 4.16. The Morgan fingerprint density at radius 1 is 0.900 bits per heavy atom. The lowest BCUT2D eigenvalue weighted by Crippen LogP contribution is -2.16. The van der Waals surface area contributed by atoms with E-state index < -0.39 is 0 Å². The van der Waals surface area contributed by atoms with Gasteiger partial charge in [0.2, 0.25) is 0 Å². The molecule has 1 N–H and O–H groups in total. The SMILES string of the molecule is c1cncc(CCNCc2cccc3cnccc23)c1. The quantitative estimate of drug-likeness (QED) is 0.719. The highest BCUT2D eigenvalue weighted by molar-refractivity contribution is 5.84. The fraction of sp³-hybridized carbons (Fsp3) is 0.176. The molecule has 100 valence electrons. The Labute approximate surface area is 118 Å². The molecule has 3 rings (SSSR count). The van der Waals surface area contributed by atoms with Gasteiger partial charge >= 0.3 is 0 Å². The van der Waals surface area contributed by atoms with Crippen molar-refractivity contribution in [1.82, 2.24) is 15.3 Å². The van der Waals surface area contributed by atoms with Crippen molar-refractivity contribution >= 4 is 10.8 Å². The molecule has 0 spiro atoms. The zero-order valence-electron chi connectivity index (χ0n) is 11.3. The van der Waals surface area contributed by atoms with Gasteiger partial charge in [0.25, 0.3) is 0 Å². The maximum Gasteiger partial charge on any atom is 0.0346 e. The first-order chi connectivity index (χ1) is 9.93. The monoisotopic (exact) mass is 263 g/mol. The Bertz CT molecular complexity index is 675. The molecule has 0 atom stereocenters. The molecule has 2 aromatic heterocycles. The fourth-order valence-corrected chi connectivity index (χ4v) is 2.35. The maximum atomic E-state index is 4.16. The van der Waals surface area contributed by atoms with Gasteiger partial charge in [0.05, 0.1) is 0 Å². The van der Waals surface area contributed by atoms with Crippen LogP contribution >= 0.6 is 0 Å². The summed E-state index contributed by atoms with van der Waals surface area (Å²) < 4.78 is 0. The number of nitrogens with one attached hydrogen (secondary N) is 1. The van der Waals surface area contributed by atoms with Crippen molar-refractivity contribution in [3.8, 4) is 0 Å². The molecule has 0 radical (unpaired) electrons. The molecule has 0 aliphatic rings. The van der Waals surface area contributed by atoms with Gasteiger partial charge < -0.3 is 5.32 Å². The van der Waals surface area contributed by atoms with Crippen molar-refractivity contribution in [2.75, 3.05) is 6.54 Å². The van der Waals surface area contributed by atoms with Crippen LogP contribution in [0, 0.1) is 0 Å². The highest BCUT2D eigenvalue weighted by Gasteiger charge is 2.00. The van der Waals surface area contributed by atoms with Crippen LogP contribution in [-0.4, -0.2) is 16.5 Å². The van der Waals surface area contributed by atoms with E-state index in [2.05, 4.69) is 45.6 Å². The van der Waals surface area contributed by atoms with Crippen LogP contribution in [0.15, 0.2) is 61.2 Å². The van der Waals surface area contributed by atoms with E-state index in [9.17, 15) is 0 Å². The minimum Gasteiger partial charge on any atom is -0.312 e. The summed E-state index contributed by atoms with van der Waals surface area (Å²) in [7, 11) is 0. The molecule has 0 aliphatic carbocycles. The van der Waals surface area contributed by atoms with Gasteiger partial charge in [0, 0.05) is 36.7 Å². The predicted molar refractivity (Wildman–Crippen MR) is 81.4 cm³/mol. The number of rotatable bonds is 5. The normalized spacial score (nSPS) is 10.8. The number of nitrogens with zero attached hydrogens (tertiary/aromatic N) is 2. The van der Waals surface area contributed by atoms with Crippen LogP contribution in [0.25, 0.3) is 10.8 Å². The molecular formula is C17H17N3. The van der Waals surface area contributed by atoms with Crippen LogP contribution in [0.2, 0.25) is 0 Å². The van der Waals surface area contributed by atoms with E-state index >= 15 is 0 Å². The number of hydrogen-bond donors (Lipinski definition) is 1. The third kappa shape index (κ3) is 3.00. The first-order valence-electron chi connectivity index (χ1n) is 6.85. The second-order valence-electron chi connectivity index (χ2n) is 4.80. The van der Waals surface area contributed by atoms with Crippen LogP contribution in [0.4, 0.5) is 0 Å². The minimum absolute atomic E-state index is 0.877. The third-order valence-corrected chi connectivity index (χ3v) is 3.40. The van der Waals surface area contributed by atoms with Gasteiger partial charge in [-0.25, -0.2) is 0 Å². The summed E-state index contributed by atoms with van der Waals surface area (Å²) >= 11 is 0. The Kier molecular flexibility index (Phi) is 3.99. The van der Waals surface area contributed by atoms with E-state index in [1.54, 1.807) is 6.20 Å². The number of benzene rings is 1. The Morgan fingerprint density at radius 3 is 2.75 bits per heavy atom. The lowest BCUT2D eigenvalue weighted by Gasteiger charge is -2.08. The van der Waals surface area contributed by atoms with Crippen LogP contribution in [0.5, 0.6) is 0 Å². The van der Waals surface area contributed by atoms with Crippen LogP contribution < -0.4 is 5.32 Å². The topological polar surface area (TPSA) is 37.8 Å². The van der Waals surface area contributed by atoms with E-state index in [1.807, 2.05) is 24.7 Å². The van der Waals surface area contributed by atoms with Crippen molar-refractivity contribution < 1.29 is 0 Å². The van der Waals surface area contributed by atoms with Crippen molar-refractivity contribution in [2.45, 2.75) is 13.0 Å². The van der Waals surface area contributed by atoms with Crippen molar-refractivity contribution in [3.63, 3.8) is 0 Å². The molecule has 20 heavy (non-hydrogen) atoms. The van der Waals surface area contributed by atoms with Crippen molar-refractivity contribution in [2.24, 2.45) is 0 Å². The van der Waals surface area contributed by atoms with E-state index in [1.165, 1.54) is 21.9 Å². The first kappa shape index (κ1) is 12.8. The first-order valence-corrected chi connectivity index (χ1v) is 6.85. The summed E-state index contributed by atoms with van der Waals surface area (Å²) in [5.74, 6) is 0. The largest absolute Gasteiger partial charge is 0.312 e. The summed E-state index contributed by atoms with van der Waals surface area (Å²) in [6.07, 6.45) is 8.49. The van der Waals surface area contributed by atoms with Gasteiger partial charge in [-0.3, -0.25) is 9.97 Å². The number of fused-ring (bicyclic) bond motifs is 1. The Hall–Kier alpha value is -2.26. The molecule has 3 nitrogen and oxygen atoms in total. The molecule has 0 fully saturated rings. The van der Waals surface area contributed by atoms with Gasteiger partial charge in [0.15, 0.2) is 0 Å². The molecule has 0 unspecified atom stereocenters. The van der Waals surface area contributed by atoms with Crippen LogP contribution in [0.1, 0.15) is 11.1 Å². The fourth-order valence-electron chi connectivity index (χ4n) is 2.35. The van der Waals surface area contributed by atoms with Gasteiger partial charge in [-0.2, -0.15) is 0 Å². The highest BCUT2D eigenvalue weighted by Crippen LogP contribution is 2.17. The summed E-state index contributed by atoms with van der Waals surface area (Å²) in [4.78, 5) is 8.29. The smallest absolute Gasteiger partial charge is 0.0346 e. The predicted octanol–water partition coefficient (Wildman–Crippen LogP) is 2.96. The number of pyridine rings is 2.